The molecule has 0 amide bonds. The molecule has 21 heavy (non-hydrogen) atoms. The fraction of sp³-hybridized carbons (Fsp3) is 0.471. The van der Waals surface area contributed by atoms with Gasteiger partial charge in [-0.2, -0.15) is 5.10 Å². The van der Waals surface area contributed by atoms with Gasteiger partial charge in [0.05, 0.1) is 11.7 Å². The van der Waals surface area contributed by atoms with E-state index in [0.717, 1.165) is 28.3 Å². The van der Waals surface area contributed by atoms with Gasteiger partial charge >= 0.3 is 0 Å². The number of aromatic nitrogens is 2. The van der Waals surface area contributed by atoms with E-state index in [-0.39, 0.29) is 0 Å². The number of anilines is 1. The van der Waals surface area contributed by atoms with Crippen LogP contribution in [0.5, 0.6) is 5.75 Å². The molecule has 2 N–H and O–H groups in total. The zero-order valence-corrected chi connectivity index (χ0v) is 12.8. The normalized spacial score (nSPS) is 15.5. The van der Waals surface area contributed by atoms with Crippen LogP contribution in [0, 0.1) is 13.8 Å². The molecule has 0 atom stereocenters. The summed E-state index contributed by atoms with van der Waals surface area (Å²) in [7, 11) is 0. The van der Waals surface area contributed by atoms with E-state index < -0.39 is 0 Å². The topological polar surface area (TPSA) is 53.1 Å². The van der Waals surface area contributed by atoms with Crippen LogP contribution in [0.3, 0.4) is 0 Å². The second kappa shape index (κ2) is 5.80. The molecule has 0 bridgehead atoms. The fourth-order valence-electron chi connectivity index (χ4n) is 3.04. The summed E-state index contributed by atoms with van der Waals surface area (Å²) >= 11 is 0. The molecule has 0 aliphatic heterocycles. The summed E-state index contributed by atoms with van der Waals surface area (Å²) in [5.74, 6) is 0.880. The maximum atomic E-state index is 5.95. The number of nitrogen functional groups attached to an aromatic ring is 1. The first-order valence-corrected chi connectivity index (χ1v) is 7.67. The van der Waals surface area contributed by atoms with Gasteiger partial charge in [0, 0.05) is 17.4 Å². The van der Waals surface area contributed by atoms with Gasteiger partial charge in [-0.1, -0.05) is 18.9 Å². The lowest BCUT2D eigenvalue weighted by molar-refractivity contribution is 0.294. The number of hydrogen-bond acceptors (Lipinski definition) is 3. The molecule has 0 spiro atoms. The van der Waals surface area contributed by atoms with Gasteiger partial charge in [-0.25, -0.2) is 0 Å². The van der Waals surface area contributed by atoms with E-state index in [9.17, 15) is 0 Å². The minimum atomic E-state index is 0.491. The van der Waals surface area contributed by atoms with Gasteiger partial charge in [-0.15, -0.1) is 0 Å². The maximum absolute atomic E-state index is 5.95. The van der Waals surface area contributed by atoms with Crippen molar-refractivity contribution < 1.29 is 4.74 Å². The molecule has 4 nitrogen and oxygen atoms in total. The Balaban J connectivity index is 1.69. The first kappa shape index (κ1) is 14.0. The van der Waals surface area contributed by atoms with Crippen molar-refractivity contribution in [2.75, 3.05) is 5.73 Å². The number of aryl methyl sites for hydroxylation is 1. The Morgan fingerprint density at radius 2 is 2.00 bits per heavy atom. The zero-order chi connectivity index (χ0) is 14.8. The van der Waals surface area contributed by atoms with Crippen LogP contribution in [-0.2, 0) is 6.61 Å². The minimum Gasteiger partial charge on any atom is -0.487 e. The number of nitrogens with zero attached hydrogens (tertiary/aromatic N) is 2. The summed E-state index contributed by atoms with van der Waals surface area (Å²) in [6.45, 7) is 4.53. The molecule has 1 heterocycles. The van der Waals surface area contributed by atoms with Crippen LogP contribution in [-0.4, -0.2) is 9.78 Å². The molecule has 0 radical (unpaired) electrons. The van der Waals surface area contributed by atoms with Gasteiger partial charge in [0.25, 0.3) is 0 Å². The van der Waals surface area contributed by atoms with Crippen molar-refractivity contribution in [3.63, 3.8) is 0 Å². The van der Waals surface area contributed by atoms with Crippen LogP contribution in [0.15, 0.2) is 24.4 Å². The van der Waals surface area contributed by atoms with Gasteiger partial charge < -0.3 is 10.5 Å². The number of hydrogen-bond donors (Lipinski definition) is 1. The van der Waals surface area contributed by atoms with Crippen molar-refractivity contribution in [2.24, 2.45) is 0 Å². The van der Waals surface area contributed by atoms with Gasteiger partial charge in [0.1, 0.15) is 12.4 Å². The monoisotopic (exact) mass is 285 g/mol. The largest absolute Gasteiger partial charge is 0.487 e. The van der Waals surface area contributed by atoms with Crippen LogP contribution in [0.4, 0.5) is 5.69 Å². The molecule has 1 aliphatic carbocycles. The first-order valence-electron chi connectivity index (χ1n) is 7.67. The van der Waals surface area contributed by atoms with E-state index in [1.165, 1.54) is 25.7 Å². The van der Waals surface area contributed by atoms with Gasteiger partial charge in [-0.3, -0.25) is 4.68 Å². The summed E-state index contributed by atoms with van der Waals surface area (Å²) in [6.07, 6.45) is 7.20. The number of ether oxygens (including phenoxy) is 1. The molecule has 112 valence electrons. The Morgan fingerprint density at radius 3 is 2.76 bits per heavy atom. The molecule has 4 heteroatoms. The highest BCUT2D eigenvalue weighted by atomic mass is 16.5. The minimum absolute atomic E-state index is 0.491. The molecular weight excluding hydrogens is 262 g/mol. The summed E-state index contributed by atoms with van der Waals surface area (Å²) < 4.78 is 8.06. The lowest BCUT2D eigenvalue weighted by Gasteiger charge is -2.13. The zero-order valence-electron chi connectivity index (χ0n) is 12.8. The van der Waals surface area contributed by atoms with Gasteiger partial charge in [0.15, 0.2) is 0 Å². The smallest absolute Gasteiger partial charge is 0.132 e. The summed E-state index contributed by atoms with van der Waals surface area (Å²) in [5, 5.41) is 4.65. The Morgan fingerprint density at radius 1 is 1.24 bits per heavy atom. The molecule has 0 unspecified atom stereocenters. The average Bonchev–Trinajstić information content (AvgIpc) is 3.13. The summed E-state index contributed by atoms with van der Waals surface area (Å²) in [4.78, 5) is 0. The predicted molar refractivity (Wildman–Crippen MR) is 84.4 cm³/mol. The third-order valence-corrected chi connectivity index (χ3v) is 4.37. The average molecular weight is 285 g/mol. The molecule has 2 aromatic rings. The molecule has 3 rings (SSSR count). The Bertz CT molecular complexity index is 627. The van der Waals surface area contributed by atoms with Crippen molar-refractivity contribution in [1.29, 1.82) is 0 Å². The van der Waals surface area contributed by atoms with Crippen molar-refractivity contribution in [3.05, 3.63) is 41.2 Å². The van der Waals surface area contributed by atoms with E-state index >= 15 is 0 Å². The molecule has 1 fully saturated rings. The van der Waals surface area contributed by atoms with E-state index in [2.05, 4.69) is 22.0 Å². The third-order valence-electron chi connectivity index (χ3n) is 4.37. The van der Waals surface area contributed by atoms with E-state index in [0.29, 0.717) is 12.6 Å². The Labute approximate surface area is 125 Å². The SMILES string of the molecule is Cc1ccc(N)c(C)c1OCc1ccn(C2CCCC2)n1. The molecular formula is C17H23N3O. The molecule has 1 saturated carbocycles. The van der Waals surface area contributed by atoms with Crippen LogP contribution in [0.1, 0.15) is 48.5 Å². The fourth-order valence-corrected chi connectivity index (χ4v) is 3.04. The Kier molecular flexibility index (Phi) is 3.86. The van der Waals surface area contributed by atoms with E-state index in [1.807, 2.05) is 26.0 Å². The molecule has 1 aromatic carbocycles. The van der Waals surface area contributed by atoms with Crippen molar-refractivity contribution in [1.82, 2.24) is 9.78 Å². The van der Waals surface area contributed by atoms with Crippen molar-refractivity contribution in [2.45, 2.75) is 52.2 Å². The molecule has 1 aliphatic rings. The van der Waals surface area contributed by atoms with Crippen molar-refractivity contribution >= 4 is 5.69 Å². The molecule has 0 saturated heterocycles. The van der Waals surface area contributed by atoms with E-state index in [4.69, 9.17) is 10.5 Å². The van der Waals surface area contributed by atoms with Crippen LogP contribution < -0.4 is 10.5 Å². The quantitative estimate of drug-likeness (QED) is 0.870. The van der Waals surface area contributed by atoms with Crippen LogP contribution in [0.2, 0.25) is 0 Å². The van der Waals surface area contributed by atoms with Crippen LogP contribution >= 0.6 is 0 Å². The second-order valence-electron chi connectivity index (χ2n) is 5.94. The highest BCUT2D eigenvalue weighted by Gasteiger charge is 2.17. The standard InChI is InChI=1S/C17H23N3O/c1-12-7-8-16(18)13(2)17(12)21-11-14-9-10-20(19-14)15-5-3-4-6-15/h7-10,15H,3-6,11,18H2,1-2H3. The van der Waals surface area contributed by atoms with Crippen LogP contribution in [0.25, 0.3) is 0 Å². The summed E-state index contributed by atoms with van der Waals surface area (Å²) in [6, 6.07) is 6.55. The lowest BCUT2D eigenvalue weighted by Crippen LogP contribution is -2.07. The van der Waals surface area contributed by atoms with Gasteiger partial charge in [-0.05, 0) is 44.4 Å². The highest BCUT2D eigenvalue weighted by molar-refractivity contribution is 5.56. The predicted octanol–water partition coefficient (Wildman–Crippen LogP) is 3.78. The maximum Gasteiger partial charge on any atom is 0.132 e. The Hall–Kier alpha value is -1.97. The first-order chi connectivity index (χ1) is 10.1. The number of rotatable bonds is 4. The second-order valence-corrected chi connectivity index (χ2v) is 5.94. The number of nitrogens with two attached hydrogens (primary N) is 1. The van der Waals surface area contributed by atoms with E-state index in [1.54, 1.807) is 0 Å². The summed E-state index contributed by atoms with van der Waals surface area (Å²) in [5.41, 5.74) is 9.80. The number of benzene rings is 1. The highest BCUT2D eigenvalue weighted by Crippen LogP contribution is 2.30. The molecule has 1 aromatic heterocycles. The lowest BCUT2D eigenvalue weighted by atomic mass is 10.1. The van der Waals surface area contributed by atoms with Gasteiger partial charge in [0.2, 0.25) is 0 Å². The third kappa shape index (κ3) is 2.89. The van der Waals surface area contributed by atoms with Crippen molar-refractivity contribution in [3.8, 4) is 5.75 Å².